The van der Waals surface area contributed by atoms with Crippen LogP contribution >= 0.6 is 11.8 Å². The Morgan fingerprint density at radius 1 is 1.50 bits per heavy atom. The first-order valence-corrected chi connectivity index (χ1v) is 6.70. The van der Waals surface area contributed by atoms with E-state index in [1.807, 2.05) is 18.5 Å². The fourth-order valence-electron chi connectivity index (χ4n) is 2.23. The Labute approximate surface area is 99.0 Å². The highest BCUT2D eigenvalue weighted by Crippen LogP contribution is 2.28. The summed E-state index contributed by atoms with van der Waals surface area (Å²) >= 11 is 2.08. The van der Waals surface area contributed by atoms with Crippen LogP contribution in [0.4, 0.5) is 5.69 Å². The number of benzene rings is 1. The molecule has 0 radical (unpaired) electrons. The molecule has 1 fully saturated rings. The van der Waals surface area contributed by atoms with E-state index in [2.05, 4.69) is 27.4 Å². The number of imidazole rings is 1. The summed E-state index contributed by atoms with van der Waals surface area (Å²) in [6.07, 6.45) is 4.62. The lowest BCUT2D eigenvalue weighted by molar-refractivity contribution is 0.651. The van der Waals surface area contributed by atoms with E-state index in [1.54, 1.807) is 0 Å². The highest BCUT2D eigenvalue weighted by atomic mass is 32.2. The minimum absolute atomic E-state index is 0.759. The first-order chi connectivity index (χ1) is 7.83. The summed E-state index contributed by atoms with van der Waals surface area (Å²) in [4.78, 5) is 4.40. The van der Waals surface area contributed by atoms with Crippen LogP contribution in [0.3, 0.4) is 0 Å². The molecule has 3 nitrogen and oxygen atoms in total. The Balaban J connectivity index is 1.91. The molecular formula is C12H15N3S. The summed E-state index contributed by atoms with van der Waals surface area (Å²) in [6, 6.07) is 5.95. The minimum atomic E-state index is 0.759. The molecule has 0 saturated carbocycles. The fraction of sp³-hybridized carbons (Fsp3) is 0.417. The zero-order valence-electron chi connectivity index (χ0n) is 9.10. The Morgan fingerprint density at radius 3 is 3.25 bits per heavy atom. The third kappa shape index (κ3) is 1.78. The van der Waals surface area contributed by atoms with Gasteiger partial charge in [-0.15, -0.1) is 0 Å². The van der Waals surface area contributed by atoms with Crippen LogP contribution in [0.1, 0.15) is 12.8 Å². The predicted octanol–water partition coefficient (Wildman–Crippen LogP) is 2.51. The van der Waals surface area contributed by atoms with E-state index in [-0.39, 0.29) is 0 Å². The molecule has 84 valence electrons. The molecule has 0 amide bonds. The van der Waals surface area contributed by atoms with Gasteiger partial charge in [-0.1, -0.05) is 0 Å². The average molecular weight is 233 g/mol. The lowest BCUT2D eigenvalue weighted by atomic mass is 10.2. The molecule has 16 heavy (non-hydrogen) atoms. The lowest BCUT2D eigenvalue weighted by Gasteiger charge is -2.10. The third-order valence-electron chi connectivity index (χ3n) is 3.07. The van der Waals surface area contributed by atoms with Crippen LogP contribution in [0, 0.1) is 0 Å². The number of aromatic nitrogens is 2. The molecule has 1 aliphatic heterocycles. The summed E-state index contributed by atoms with van der Waals surface area (Å²) < 4.78 is 2.25. The van der Waals surface area contributed by atoms with Crippen molar-refractivity contribution >= 4 is 28.5 Å². The van der Waals surface area contributed by atoms with E-state index in [0.717, 1.165) is 23.0 Å². The zero-order chi connectivity index (χ0) is 11.0. The molecular weight excluding hydrogens is 218 g/mol. The number of nitrogen functional groups attached to an aromatic ring is 1. The van der Waals surface area contributed by atoms with E-state index in [0.29, 0.717) is 0 Å². The van der Waals surface area contributed by atoms with Crippen LogP contribution in [0.2, 0.25) is 0 Å². The van der Waals surface area contributed by atoms with Crippen molar-refractivity contribution < 1.29 is 0 Å². The molecule has 1 saturated heterocycles. The predicted molar refractivity (Wildman–Crippen MR) is 69.6 cm³/mol. The van der Waals surface area contributed by atoms with Gasteiger partial charge in [-0.05, 0) is 36.8 Å². The Morgan fingerprint density at radius 2 is 2.44 bits per heavy atom. The first-order valence-electron chi connectivity index (χ1n) is 5.65. The number of hydrogen-bond donors (Lipinski definition) is 1. The van der Waals surface area contributed by atoms with Crippen LogP contribution in [0.5, 0.6) is 0 Å². The number of nitrogens with two attached hydrogens (primary N) is 1. The van der Waals surface area contributed by atoms with E-state index in [9.17, 15) is 0 Å². The molecule has 0 spiro atoms. The van der Waals surface area contributed by atoms with Gasteiger partial charge in [-0.3, -0.25) is 0 Å². The van der Waals surface area contributed by atoms with E-state index in [4.69, 9.17) is 5.73 Å². The van der Waals surface area contributed by atoms with Gasteiger partial charge in [0, 0.05) is 17.5 Å². The maximum atomic E-state index is 5.74. The second-order valence-corrected chi connectivity index (χ2v) is 5.69. The lowest BCUT2D eigenvalue weighted by Crippen LogP contribution is -2.08. The van der Waals surface area contributed by atoms with Gasteiger partial charge in [0.1, 0.15) is 0 Å². The van der Waals surface area contributed by atoms with E-state index >= 15 is 0 Å². The molecule has 1 unspecified atom stereocenters. The minimum Gasteiger partial charge on any atom is -0.399 e. The van der Waals surface area contributed by atoms with Crippen LogP contribution < -0.4 is 5.73 Å². The average Bonchev–Trinajstić information content (AvgIpc) is 2.89. The molecule has 1 aliphatic rings. The van der Waals surface area contributed by atoms with Gasteiger partial charge < -0.3 is 10.3 Å². The summed E-state index contributed by atoms with van der Waals surface area (Å²) in [6.45, 7) is 1.07. The van der Waals surface area contributed by atoms with Crippen molar-refractivity contribution in [1.29, 1.82) is 0 Å². The number of anilines is 1. The quantitative estimate of drug-likeness (QED) is 0.811. The second-order valence-electron chi connectivity index (χ2n) is 4.28. The van der Waals surface area contributed by atoms with Gasteiger partial charge in [-0.25, -0.2) is 4.98 Å². The summed E-state index contributed by atoms with van der Waals surface area (Å²) in [7, 11) is 0. The topological polar surface area (TPSA) is 43.8 Å². The van der Waals surface area contributed by atoms with Gasteiger partial charge in [0.15, 0.2) is 0 Å². The van der Waals surface area contributed by atoms with Crippen LogP contribution in [0.15, 0.2) is 24.5 Å². The van der Waals surface area contributed by atoms with Crippen LogP contribution in [-0.2, 0) is 6.54 Å². The fourth-order valence-corrected chi connectivity index (χ4v) is 3.50. The normalized spacial score (nSPS) is 20.6. The number of nitrogens with zero attached hydrogens (tertiary/aromatic N) is 2. The zero-order valence-corrected chi connectivity index (χ0v) is 9.91. The number of hydrogen-bond acceptors (Lipinski definition) is 3. The van der Waals surface area contributed by atoms with Crippen molar-refractivity contribution in [3.63, 3.8) is 0 Å². The van der Waals surface area contributed by atoms with Crippen molar-refractivity contribution in [3.8, 4) is 0 Å². The highest BCUT2D eigenvalue weighted by molar-refractivity contribution is 8.00. The third-order valence-corrected chi connectivity index (χ3v) is 4.45. The smallest absolute Gasteiger partial charge is 0.0958 e. The maximum Gasteiger partial charge on any atom is 0.0958 e. The highest BCUT2D eigenvalue weighted by Gasteiger charge is 2.16. The number of thioether (sulfide) groups is 1. The molecule has 0 bridgehead atoms. The summed E-state index contributed by atoms with van der Waals surface area (Å²) in [5, 5.41) is 0.759. The van der Waals surface area contributed by atoms with Gasteiger partial charge in [0.05, 0.1) is 17.4 Å². The van der Waals surface area contributed by atoms with Gasteiger partial charge in [0.2, 0.25) is 0 Å². The summed E-state index contributed by atoms with van der Waals surface area (Å²) in [5.41, 5.74) is 8.73. The van der Waals surface area contributed by atoms with E-state index < -0.39 is 0 Å². The SMILES string of the molecule is Nc1ccc2c(c1)ncn2CC1CCCS1. The molecule has 2 aromatic rings. The number of fused-ring (bicyclic) bond motifs is 1. The molecule has 2 N–H and O–H groups in total. The molecule has 3 rings (SSSR count). The molecule has 1 aromatic carbocycles. The monoisotopic (exact) mass is 233 g/mol. The Kier molecular flexibility index (Phi) is 2.52. The van der Waals surface area contributed by atoms with Gasteiger partial charge in [0.25, 0.3) is 0 Å². The van der Waals surface area contributed by atoms with Crippen LogP contribution in [0.25, 0.3) is 11.0 Å². The van der Waals surface area contributed by atoms with E-state index in [1.165, 1.54) is 24.1 Å². The van der Waals surface area contributed by atoms with Crippen molar-refractivity contribution in [2.45, 2.75) is 24.6 Å². The first kappa shape index (κ1) is 10.0. The number of rotatable bonds is 2. The Hall–Kier alpha value is -1.16. The standard InChI is InChI=1S/C12H15N3S/c13-9-3-4-12-11(6-9)14-8-15(12)7-10-2-1-5-16-10/h3-4,6,8,10H,1-2,5,7,13H2. The van der Waals surface area contributed by atoms with Gasteiger partial charge >= 0.3 is 0 Å². The van der Waals surface area contributed by atoms with Gasteiger partial charge in [-0.2, -0.15) is 11.8 Å². The molecule has 1 aromatic heterocycles. The second kappa shape index (κ2) is 4.01. The Bertz CT molecular complexity index is 500. The molecule has 0 aliphatic carbocycles. The van der Waals surface area contributed by atoms with Crippen molar-refractivity contribution in [1.82, 2.24) is 9.55 Å². The molecule has 4 heteroatoms. The van der Waals surface area contributed by atoms with Crippen molar-refractivity contribution in [2.75, 3.05) is 11.5 Å². The van der Waals surface area contributed by atoms with Crippen molar-refractivity contribution in [2.24, 2.45) is 0 Å². The molecule has 1 atom stereocenters. The molecule has 2 heterocycles. The van der Waals surface area contributed by atoms with Crippen LogP contribution in [-0.4, -0.2) is 20.6 Å². The summed E-state index contributed by atoms with van der Waals surface area (Å²) in [5.74, 6) is 1.31. The van der Waals surface area contributed by atoms with Crippen molar-refractivity contribution in [3.05, 3.63) is 24.5 Å². The largest absolute Gasteiger partial charge is 0.399 e. The maximum absolute atomic E-state index is 5.74.